The van der Waals surface area contributed by atoms with Crippen LogP contribution in [0.3, 0.4) is 0 Å². The van der Waals surface area contributed by atoms with Gasteiger partial charge in [0.25, 0.3) is 5.91 Å². The number of nitrogens with zero attached hydrogens (tertiary/aromatic N) is 5. The Labute approximate surface area is 191 Å². The molecule has 1 aromatic heterocycles. The maximum absolute atomic E-state index is 12.7. The van der Waals surface area contributed by atoms with Crippen LogP contribution in [-0.2, 0) is 19.1 Å². The van der Waals surface area contributed by atoms with Gasteiger partial charge in [-0.15, -0.1) is 0 Å². The first-order valence-corrected chi connectivity index (χ1v) is 11.3. The molecule has 2 saturated heterocycles. The maximum atomic E-state index is 12.7. The van der Waals surface area contributed by atoms with E-state index in [0.29, 0.717) is 39.2 Å². The normalized spacial score (nSPS) is 20.2. The molecule has 9 nitrogen and oxygen atoms in total. The third-order valence-electron chi connectivity index (χ3n) is 6.58. The van der Waals surface area contributed by atoms with Crippen molar-refractivity contribution in [1.29, 1.82) is 0 Å². The topological polar surface area (TPSA) is 88.1 Å². The summed E-state index contributed by atoms with van der Waals surface area (Å²) in [5.41, 5.74) is 0.108. The van der Waals surface area contributed by atoms with Crippen molar-refractivity contribution in [3.05, 3.63) is 17.6 Å². The van der Waals surface area contributed by atoms with Crippen LogP contribution in [0.1, 0.15) is 56.5 Å². The molecule has 0 radical (unpaired) electrons. The molecule has 32 heavy (non-hydrogen) atoms. The lowest BCUT2D eigenvalue weighted by molar-refractivity contribution is -0.152. The largest absolute Gasteiger partial charge is 0.383 e. The van der Waals surface area contributed by atoms with Gasteiger partial charge in [0.1, 0.15) is 17.2 Å². The first-order valence-electron chi connectivity index (χ1n) is 11.3. The maximum Gasteiger partial charge on any atom is 0.254 e. The van der Waals surface area contributed by atoms with Gasteiger partial charge >= 0.3 is 0 Å². The predicted molar refractivity (Wildman–Crippen MR) is 122 cm³/mol. The minimum atomic E-state index is -0.814. The minimum absolute atomic E-state index is 0.0164. The first kappa shape index (κ1) is 24.4. The summed E-state index contributed by atoms with van der Waals surface area (Å²) >= 11 is 0. The highest BCUT2D eigenvalue weighted by atomic mass is 16.5. The number of ether oxygens (including phenoxy) is 2. The third kappa shape index (κ3) is 5.38. The highest BCUT2D eigenvalue weighted by Gasteiger charge is 2.36. The average molecular weight is 448 g/mol. The van der Waals surface area contributed by atoms with E-state index in [-0.39, 0.29) is 23.7 Å². The summed E-state index contributed by atoms with van der Waals surface area (Å²) < 4.78 is 10.5. The van der Waals surface area contributed by atoms with Crippen LogP contribution >= 0.6 is 0 Å². The molecule has 178 valence electrons. The van der Waals surface area contributed by atoms with E-state index in [2.05, 4.69) is 0 Å². The van der Waals surface area contributed by atoms with Crippen LogP contribution in [0, 0.1) is 0 Å². The van der Waals surface area contributed by atoms with Crippen LogP contribution in [-0.4, -0.2) is 98.3 Å². The summed E-state index contributed by atoms with van der Waals surface area (Å²) in [5, 5.41) is 0. The van der Waals surface area contributed by atoms with Gasteiger partial charge in [0.05, 0.1) is 12.3 Å². The summed E-state index contributed by atoms with van der Waals surface area (Å²) in [6, 6.07) is 2.00. The molecule has 0 aliphatic carbocycles. The smallest absolute Gasteiger partial charge is 0.254 e. The molecule has 2 fully saturated rings. The van der Waals surface area contributed by atoms with Crippen LogP contribution < -0.4 is 4.90 Å². The van der Waals surface area contributed by atoms with E-state index in [9.17, 15) is 9.59 Å². The third-order valence-corrected chi connectivity index (χ3v) is 6.58. The van der Waals surface area contributed by atoms with Gasteiger partial charge in [0.15, 0.2) is 0 Å². The lowest BCUT2D eigenvalue weighted by Gasteiger charge is -2.36. The number of likely N-dealkylation sites (tertiary alicyclic amines) is 2. The number of carbonyl (C=O) groups excluding carboxylic acids is 2. The fourth-order valence-electron chi connectivity index (χ4n) is 4.29. The fraction of sp³-hybridized carbons (Fsp3) is 0.739. The number of anilines is 1. The number of hydrogen-bond donors (Lipinski definition) is 0. The SMILES string of the molecule is COCCN1C[C@H](c2cc(N(C)C)nc(C3CCN(C(=O)C(C)(C)OC)CC3)n2)CC1=O. The second-order valence-corrected chi connectivity index (χ2v) is 9.42. The summed E-state index contributed by atoms with van der Waals surface area (Å²) in [4.78, 5) is 40.6. The minimum Gasteiger partial charge on any atom is -0.383 e. The van der Waals surface area contributed by atoms with Crippen molar-refractivity contribution in [2.75, 3.05) is 66.0 Å². The Kier molecular flexibility index (Phi) is 7.71. The number of methoxy groups -OCH3 is 2. The predicted octanol–water partition coefficient (Wildman–Crippen LogP) is 1.64. The second kappa shape index (κ2) is 10.1. The summed E-state index contributed by atoms with van der Waals surface area (Å²) in [7, 11) is 7.15. The van der Waals surface area contributed by atoms with Crippen molar-refractivity contribution in [2.24, 2.45) is 0 Å². The highest BCUT2D eigenvalue weighted by molar-refractivity contribution is 5.84. The highest BCUT2D eigenvalue weighted by Crippen LogP contribution is 2.32. The average Bonchev–Trinajstić information content (AvgIpc) is 3.17. The van der Waals surface area contributed by atoms with Crippen LogP contribution in [0.15, 0.2) is 6.07 Å². The van der Waals surface area contributed by atoms with Gasteiger partial charge < -0.3 is 24.2 Å². The van der Waals surface area contributed by atoms with Crippen molar-refractivity contribution >= 4 is 17.6 Å². The summed E-state index contributed by atoms with van der Waals surface area (Å²) in [6.45, 7) is 6.72. The van der Waals surface area contributed by atoms with Crippen LogP contribution in [0.2, 0.25) is 0 Å². The van der Waals surface area contributed by atoms with Gasteiger partial charge in [-0.1, -0.05) is 0 Å². The molecule has 2 aliphatic heterocycles. The molecule has 0 unspecified atom stereocenters. The van der Waals surface area contributed by atoms with E-state index >= 15 is 0 Å². The molecular formula is C23H37N5O4. The Bertz CT molecular complexity index is 821. The van der Waals surface area contributed by atoms with E-state index < -0.39 is 5.60 Å². The molecule has 9 heteroatoms. The van der Waals surface area contributed by atoms with Gasteiger partial charge in [-0.3, -0.25) is 9.59 Å². The van der Waals surface area contributed by atoms with Gasteiger partial charge in [0.2, 0.25) is 5.91 Å². The monoisotopic (exact) mass is 447 g/mol. The number of carbonyl (C=O) groups is 2. The lowest BCUT2D eigenvalue weighted by Crippen LogP contribution is -2.49. The second-order valence-electron chi connectivity index (χ2n) is 9.42. The van der Waals surface area contributed by atoms with Gasteiger partial charge in [-0.2, -0.15) is 0 Å². The Morgan fingerprint density at radius 3 is 2.47 bits per heavy atom. The van der Waals surface area contributed by atoms with E-state index in [1.165, 1.54) is 0 Å². The molecule has 3 rings (SSSR count). The summed E-state index contributed by atoms with van der Waals surface area (Å²) in [6.07, 6.45) is 2.09. The number of piperidine rings is 1. The van der Waals surface area contributed by atoms with Gasteiger partial charge in [-0.05, 0) is 26.7 Å². The van der Waals surface area contributed by atoms with Crippen molar-refractivity contribution in [3.63, 3.8) is 0 Å². The zero-order valence-electron chi connectivity index (χ0n) is 20.3. The summed E-state index contributed by atoms with van der Waals surface area (Å²) in [5.74, 6) is 2.07. The molecule has 2 amide bonds. The Balaban J connectivity index is 1.75. The quantitative estimate of drug-likeness (QED) is 0.599. The first-order chi connectivity index (χ1) is 15.2. The van der Waals surface area contributed by atoms with E-state index in [4.69, 9.17) is 19.4 Å². The van der Waals surface area contributed by atoms with Crippen molar-refractivity contribution in [2.45, 2.75) is 50.5 Å². The van der Waals surface area contributed by atoms with Crippen LogP contribution in [0.25, 0.3) is 0 Å². The molecule has 0 aromatic carbocycles. The van der Waals surface area contributed by atoms with Crippen molar-refractivity contribution in [1.82, 2.24) is 19.8 Å². The van der Waals surface area contributed by atoms with Crippen molar-refractivity contribution < 1.29 is 19.1 Å². The van der Waals surface area contributed by atoms with Crippen LogP contribution in [0.4, 0.5) is 5.82 Å². The number of amides is 2. The molecule has 0 saturated carbocycles. The van der Waals surface area contributed by atoms with E-state index in [1.807, 2.05) is 34.9 Å². The molecule has 1 atom stereocenters. The Morgan fingerprint density at radius 2 is 1.88 bits per heavy atom. The fourth-order valence-corrected chi connectivity index (χ4v) is 4.29. The zero-order valence-corrected chi connectivity index (χ0v) is 20.3. The van der Waals surface area contributed by atoms with Gasteiger partial charge in [-0.25, -0.2) is 9.97 Å². The van der Waals surface area contributed by atoms with E-state index in [1.54, 1.807) is 28.1 Å². The molecule has 0 bridgehead atoms. The lowest BCUT2D eigenvalue weighted by atomic mass is 9.94. The van der Waals surface area contributed by atoms with Gasteiger partial charge in [0, 0.05) is 78.8 Å². The molecule has 2 aliphatic rings. The number of hydrogen-bond acceptors (Lipinski definition) is 7. The van der Waals surface area contributed by atoms with Crippen LogP contribution in [0.5, 0.6) is 0 Å². The van der Waals surface area contributed by atoms with E-state index in [0.717, 1.165) is 30.2 Å². The Hall–Kier alpha value is -2.26. The number of rotatable bonds is 8. The molecule has 1 aromatic rings. The molecular weight excluding hydrogens is 410 g/mol. The van der Waals surface area contributed by atoms with Crippen molar-refractivity contribution in [3.8, 4) is 0 Å². The Morgan fingerprint density at radius 1 is 1.19 bits per heavy atom. The number of aromatic nitrogens is 2. The molecule has 0 N–H and O–H groups in total. The molecule has 0 spiro atoms. The standard InChI is InChI=1S/C23H37N5O4/c1-23(2,32-6)22(30)27-9-7-16(8-10-27)21-24-18(14-19(25-21)26(3)4)17-13-20(29)28(15-17)11-12-31-5/h14,16-17H,7-13,15H2,1-6H3/t17-/m1/s1. The zero-order chi connectivity index (χ0) is 23.5. The molecule has 3 heterocycles.